The highest BCUT2D eigenvalue weighted by atomic mass is 19.4. The molecule has 5 rings (SSSR count). The van der Waals surface area contributed by atoms with Crippen LogP contribution in [0.4, 0.5) is 23.7 Å². The number of piperazine rings is 1. The molecule has 0 N–H and O–H groups in total. The first kappa shape index (κ1) is 28.9. The average molecular weight is 572 g/mol. The highest BCUT2D eigenvalue weighted by Gasteiger charge is 2.34. The van der Waals surface area contributed by atoms with Gasteiger partial charge in [0, 0.05) is 69.7 Å². The highest BCUT2D eigenvalue weighted by Crippen LogP contribution is 2.30. The van der Waals surface area contributed by atoms with E-state index in [1.807, 2.05) is 45.0 Å². The number of para-hydroxylation sites is 1. The molecule has 0 bridgehead atoms. The van der Waals surface area contributed by atoms with Crippen LogP contribution in [-0.2, 0) is 11.0 Å². The van der Waals surface area contributed by atoms with E-state index < -0.39 is 11.7 Å². The first-order valence-corrected chi connectivity index (χ1v) is 14.3. The molecule has 4 amide bonds. The van der Waals surface area contributed by atoms with Gasteiger partial charge in [-0.2, -0.15) is 13.2 Å². The number of halogens is 3. The summed E-state index contributed by atoms with van der Waals surface area (Å²) in [7, 11) is 0. The summed E-state index contributed by atoms with van der Waals surface area (Å²) in [5.41, 5.74) is 0.229. The van der Waals surface area contributed by atoms with Gasteiger partial charge in [-0.15, -0.1) is 0 Å². The number of likely N-dealkylation sites (tertiary alicyclic amines) is 2. The molecule has 0 unspecified atom stereocenters. The summed E-state index contributed by atoms with van der Waals surface area (Å²) in [5.74, 6) is -0.334. The summed E-state index contributed by atoms with van der Waals surface area (Å²) in [5, 5.41) is 0. The first-order valence-electron chi connectivity index (χ1n) is 14.3. The molecule has 8 nitrogen and oxygen atoms in total. The summed E-state index contributed by atoms with van der Waals surface area (Å²) < 4.78 is 38.7. The van der Waals surface area contributed by atoms with Crippen molar-refractivity contribution in [1.82, 2.24) is 19.6 Å². The maximum atomic E-state index is 13.7. The molecule has 2 aromatic carbocycles. The van der Waals surface area contributed by atoms with Crippen LogP contribution in [0, 0.1) is 0 Å². The SMILES string of the molecule is O=C(c1ccc(C(F)(F)F)cc1)N1CCC(N(C(=O)CN2CCN(C(=O)N3CCCC3)CC2)c2ccccc2)CC1. The van der Waals surface area contributed by atoms with E-state index >= 15 is 0 Å². The first-order chi connectivity index (χ1) is 19.7. The molecule has 41 heavy (non-hydrogen) atoms. The summed E-state index contributed by atoms with van der Waals surface area (Å²) in [6.45, 7) is 5.14. The molecule has 3 heterocycles. The third-order valence-corrected chi connectivity index (χ3v) is 8.26. The maximum Gasteiger partial charge on any atom is 0.416 e. The third kappa shape index (κ3) is 6.83. The number of alkyl halides is 3. The molecule has 0 saturated carbocycles. The Morgan fingerprint density at radius 1 is 0.732 bits per heavy atom. The minimum absolute atomic E-state index is 0.0250. The van der Waals surface area contributed by atoms with E-state index in [1.165, 1.54) is 12.1 Å². The summed E-state index contributed by atoms with van der Waals surface area (Å²) in [4.78, 5) is 48.8. The second-order valence-corrected chi connectivity index (χ2v) is 10.9. The Bertz CT molecular complexity index is 1200. The van der Waals surface area contributed by atoms with Crippen LogP contribution in [-0.4, -0.2) is 102 Å². The van der Waals surface area contributed by atoms with Gasteiger partial charge in [0.2, 0.25) is 5.91 Å². The van der Waals surface area contributed by atoms with Crippen molar-refractivity contribution in [3.63, 3.8) is 0 Å². The molecule has 2 aromatic rings. The predicted octanol–water partition coefficient (Wildman–Crippen LogP) is 4.18. The number of piperidine rings is 1. The van der Waals surface area contributed by atoms with Gasteiger partial charge < -0.3 is 19.6 Å². The van der Waals surface area contributed by atoms with Gasteiger partial charge in [-0.25, -0.2) is 4.79 Å². The fraction of sp³-hybridized carbons (Fsp3) is 0.500. The van der Waals surface area contributed by atoms with Crippen LogP contribution in [0.2, 0.25) is 0 Å². The Labute approximate surface area is 238 Å². The van der Waals surface area contributed by atoms with E-state index in [0.717, 1.165) is 43.8 Å². The van der Waals surface area contributed by atoms with Crippen LogP contribution in [0.5, 0.6) is 0 Å². The number of urea groups is 1. The van der Waals surface area contributed by atoms with Crippen molar-refractivity contribution in [3.05, 3.63) is 65.7 Å². The molecule has 0 spiro atoms. The van der Waals surface area contributed by atoms with Crippen LogP contribution >= 0.6 is 0 Å². The van der Waals surface area contributed by atoms with Gasteiger partial charge in [-0.05, 0) is 62.1 Å². The van der Waals surface area contributed by atoms with E-state index in [9.17, 15) is 27.6 Å². The van der Waals surface area contributed by atoms with Crippen molar-refractivity contribution in [2.45, 2.75) is 37.9 Å². The zero-order chi connectivity index (χ0) is 29.0. The minimum atomic E-state index is -4.45. The average Bonchev–Trinajstić information content (AvgIpc) is 3.53. The molecule has 220 valence electrons. The van der Waals surface area contributed by atoms with Gasteiger partial charge in [0.15, 0.2) is 0 Å². The quantitative estimate of drug-likeness (QED) is 0.540. The predicted molar refractivity (Wildman–Crippen MR) is 149 cm³/mol. The second kappa shape index (κ2) is 12.5. The van der Waals surface area contributed by atoms with Gasteiger partial charge in [0.1, 0.15) is 0 Å². The number of hydrogen-bond acceptors (Lipinski definition) is 4. The zero-order valence-corrected chi connectivity index (χ0v) is 23.1. The van der Waals surface area contributed by atoms with Gasteiger partial charge in [0.05, 0.1) is 12.1 Å². The standard InChI is InChI=1S/C30H36F3N5O3/c31-30(32,33)24-10-8-23(9-11-24)28(40)35-16-12-26(13-17-35)38(25-6-2-1-3-7-25)27(39)22-34-18-20-37(21-19-34)29(41)36-14-4-5-15-36/h1-3,6-11,26H,4-5,12-22H2. The Morgan fingerprint density at radius 2 is 1.32 bits per heavy atom. The summed E-state index contributed by atoms with van der Waals surface area (Å²) >= 11 is 0. The Hall–Kier alpha value is -3.60. The lowest BCUT2D eigenvalue weighted by atomic mass is 10.0. The van der Waals surface area contributed by atoms with Crippen LogP contribution in [0.1, 0.15) is 41.6 Å². The molecule has 11 heteroatoms. The van der Waals surface area contributed by atoms with E-state index in [0.29, 0.717) is 52.1 Å². The van der Waals surface area contributed by atoms with Crippen LogP contribution in [0.3, 0.4) is 0 Å². The second-order valence-electron chi connectivity index (χ2n) is 10.9. The van der Waals surface area contributed by atoms with Crippen molar-refractivity contribution < 1.29 is 27.6 Å². The van der Waals surface area contributed by atoms with E-state index in [2.05, 4.69) is 4.90 Å². The third-order valence-electron chi connectivity index (χ3n) is 8.26. The summed E-state index contributed by atoms with van der Waals surface area (Å²) in [6, 6.07) is 13.8. The molecule has 0 aliphatic carbocycles. The maximum absolute atomic E-state index is 13.7. The van der Waals surface area contributed by atoms with Crippen LogP contribution in [0.25, 0.3) is 0 Å². The normalized spacial score (nSPS) is 19.0. The molecule has 0 atom stereocenters. The van der Waals surface area contributed by atoms with Gasteiger partial charge >= 0.3 is 12.2 Å². The Morgan fingerprint density at radius 3 is 1.90 bits per heavy atom. The Kier molecular flexibility index (Phi) is 8.82. The number of amides is 4. The number of hydrogen-bond donors (Lipinski definition) is 0. The van der Waals surface area contributed by atoms with Crippen LogP contribution < -0.4 is 4.90 Å². The lowest BCUT2D eigenvalue weighted by Gasteiger charge is -2.40. The fourth-order valence-electron chi connectivity index (χ4n) is 5.93. The molecule has 0 aromatic heterocycles. The summed E-state index contributed by atoms with van der Waals surface area (Å²) in [6.07, 6.45) is -1.22. The Balaban J connectivity index is 1.19. The van der Waals surface area contributed by atoms with Crippen molar-refractivity contribution in [2.75, 3.05) is 63.8 Å². The van der Waals surface area contributed by atoms with Gasteiger partial charge in [-0.3, -0.25) is 14.5 Å². The highest BCUT2D eigenvalue weighted by molar-refractivity contribution is 5.96. The van der Waals surface area contributed by atoms with E-state index in [1.54, 1.807) is 4.90 Å². The number of benzene rings is 2. The topological polar surface area (TPSA) is 67.4 Å². The lowest BCUT2D eigenvalue weighted by Crippen LogP contribution is -2.55. The number of carbonyl (C=O) groups excluding carboxylic acids is 3. The monoisotopic (exact) mass is 571 g/mol. The fourth-order valence-corrected chi connectivity index (χ4v) is 5.93. The molecule has 3 aliphatic rings. The minimum Gasteiger partial charge on any atom is -0.338 e. The van der Waals surface area contributed by atoms with Gasteiger partial charge in [0.25, 0.3) is 5.91 Å². The number of carbonyl (C=O) groups is 3. The molecular formula is C30H36F3N5O3. The molecule has 3 fully saturated rings. The van der Waals surface area contributed by atoms with Crippen LogP contribution in [0.15, 0.2) is 54.6 Å². The lowest BCUT2D eigenvalue weighted by molar-refractivity contribution is -0.137. The van der Waals surface area contributed by atoms with E-state index in [4.69, 9.17) is 0 Å². The smallest absolute Gasteiger partial charge is 0.338 e. The largest absolute Gasteiger partial charge is 0.416 e. The van der Waals surface area contributed by atoms with Crippen molar-refractivity contribution in [3.8, 4) is 0 Å². The van der Waals surface area contributed by atoms with E-state index in [-0.39, 0.29) is 36.0 Å². The van der Waals surface area contributed by atoms with Crippen molar-refractivity contribution in [1.29, 1.82) is 0 Å². The molecular weight excluding hydrogens is 535 g/mol. The number of rotatable bonds is 5. The molecule has 3 saturated heterocycles. The molecule has 3 aliphatic heterocycles. The van der Waals surface area contributed by atoms with Gasteiger partial charge in [-0.1, -0.05) is 18.2 Å². The van der Waals surface area contributed by atoms with Crippen molar-refractivity contribution >= 4 is 23.5 Å². The molecule has 0 radical (unpaired) electrons. The van der Waals surface area contributed by atoms with Crippen molar-refractivity contribution in [2.24, 2.45) is 0 Å². The number of nitrogens with zero attached hydrogens (tertiary/aromatic N) is 5. The zero-order valence-electron chi connectivity index (χ0n) is 23.1. The number of anilines is 1.